The molecule has 4 atom stereocenters. The number of benzene rings is 1. The van der Waals surface area contributed by atoms with E-state index in [-0.39, 0.29) is 31.1 Å². The summed E-state index contributed by atoms with van der Waals surface area (Å²) in [4.78, 5) is 4.15. The topological polar surface area (TPSA) is 30.7 Å². The highest BCUT2D eigenvalue weighted by Gasteiger charge is 2.55. The van der Waals surface area contributed by atoms with Gasteiger partial charge >= 0.3 is 6.18 Å². The van der Waals surface area contributed by atoms with Crippen LogP contribution in [0.15, 0.2) is 30.3 Å². The SMILES string of the molecule is F[C@H]1C[C@@H](c2ccccc2)n2nc(CC3CC3C(F)(F)F)nc21. The quantitative estimate of drug-likeness (QED) is 0.798. The number of alkyl halides is 4. The lowest BCUT2D eigenvalue weighted by Crippen LogP contribution is -2.13. The predicted molar refractivity (Wildman–Crippen MR) is 74.4 cm³/mol. The molecule has 2 aromatic rings. The second-order valence-corrected chi connectivity index (χ2v) is 6.31. The fourth-order valence-electron chi connectivity index (χ4n) is 3.37. The van der Waals surface area contributed by atoms with Crippen molar-refractivity contribution in [3.05, 3.63) is 47.5 Å². The maximum Gasteiger partial charge on any atom is 0.392 e. The van der Waals surface area contributed by atoms with E-state index in [4.69, 9.17) is 0 Å². The molecular weight excluding hydrogens is 310 g/mol. The zero-order valence-corrected chi connectivity index (χ0v) is 12.2. The summed E-state index contributed by atoms with van der Waals surface area (Å²) in [5.41, 5.74) is 0.935. The first-order valence-electron chi connectivity index (χ1n) is 7.64. The highest BCUT2D eigenvalue weighted by atomic mass is 19.4. The second-order valence-electron chi connectivity index (χ2n) is 6.31. The summed E-state index contributed by atoms with van der Waals surface area (Å²) in [7, 11) is 0. The number of hydrogen-bond acceptors (Lipinski definition) is 2. The lowest BCUT2D eigenvalue weighted by atomic mass is 10.0. The molecule has 1 aromatic heterocycles. The molecule has 0 radical (unpaired) electrons. The van der Waals surface area contributed by atoms with Gasteiger partial charge < -0.3 is 0 Å². The van der Waals surface area contributed by atoms with Crippen molar-refractivity contribution in [2.75, 3.05) is 0 Å². The molecule has 122 valence electrons. The van der Waals surface area contributed by atoms with Gasteiger partial charge in [0, 0.05) is 12.8 Å². The van der Waals surface area contributed by atoms with E-state index >= 15 is 0 Å². The Morgan fingerprint density at radius 1 is 1.13 bits per heavy atom. The van der Waals surface area contributed by atoms with Crippen molar-refractivity contribution in [3.8, 4) is 0 Å². The lowest BCUT2D eigenvalue weighted by molar-refractivity contribution is -0.150. The van der Waals surface area contributed by atoms with Crippen LogP contribution < -0.4 is 0 Å². The second kappa shape index (κ2) is 5.04. The molecule has 1 fully saturated rings. The third-order valence-corrected chi connectivity index (χ3v) is 4.68. The van der Waals surface area contributed by atoms with Crippen molar-refractivity contribution in [1.82, 2.24) is 14.8 Å². The standard InChI is InChI=1S/C16H15F4N3/c17-12-8-13(9-4-2-1-3-5-9)23-15(12)21-14(22-23)7-10-6-11(10)16(18,19)20/h1-5,10-13H,6-8H2/t10?,11?,12-,13-/m0/s1. The minimum absolute atomic E-state index is 0.120. The molecule has 0 spiro atoms. The molecule has 0 saturated heterocycles. The Bertz CT molecular complexity index is 710. The molecule has 0 bridgehead atoms. The molecule has 0 amide bonds. The van der Waals surface area contributed by atoms with E-state index in [0.29, 0.717) is 5.82 Å². The van der Waals surface area contributed by atoms with Gasteiger partial charge in [0.05, 0.1) is 12.0 Å². The summed E-state index contributed by atoms with van der Waals surface area (Å²) in [6.45, 7) is 0. The number of halogens is 4. The molecule has 0 N–H and O–H groups in total. The first-order chi connectivity index (χ1) is 10.9. The van der Waals surface area contributed by atoms with Crippen LogP contribution in [-0.2, 0) is 6.42 Å². The Morgan fingerprint density at radius 2 is 1.87 bits per heavy atom. The highest BCUT2D eigenvalue weighted by Crippen LogP contribution is 2.51. The molecule has 7 heteroatoms. The Kier molecular flexibility index (Phi) is 3.21. The lowest BCUT2D eigenvalue weighted by Gasteiger charge is -2.11. The van der Waals surface area contributed by atoms with Crippen molar-refractivity contribution in [2.45, 2.75) is 37.7 Å². The Morgan fingerprint density at radius 3 is 2.52 bits per heavy atom. The van der Waals surface area contributed by atoms with E-state index in [9.17, 15) is 17.6 Å². The first kappa shape index (κ1) is 14.7. The molecule has 2 heterocycles. The van der Waals surface area contributed by atoms with E-state index in [0.717, 1.165) is 5.56 Å². The van der Waals surface area contributed by atoms with Crippen LogP contribution in [0.5, 0.6) is 0 Å². The van der Waals surface area contributed by atoms with Crippen molar-refractivity contribution >= 4 is 0 Å². The van der Waals surface area contributed by atoms with Gasteiger partial charge in [-0.1, -0.05) is 30.3 Å². The van der Waals surface area contributed by atoms with Crippen LogP contribution in [0, 0.1) is 11.8 Å². The number of hydrogen-bond donors (Lipinski definition) is 0. The molecule has 2 unspecified atom stereocenters. The summed E-state index contributed by atoms with van der Waals surface area (Å²) in [5.74, 6) is -1.17. The van der Waals surface area contributed by atoms with Crippen molar-refractivity contribution in [1.29, 1.82) is 0 Å². The average molecular weight is 325 g/mol. The zero-order valence-electron chi connectivity index (χ0n) is 12.2. The summed E-state index contributed by atoms with van der Waals surface area (Å²) >= 11 is 0. The summed E-state index contributed by atoms with van der Waals surface area (Å²) in [6, 6.07) is 9.18. The van der Waals surface area contributed by atoms with Gasteiger partial charge in [-0.15, -0.1) is 0 Å². The van der Waals surface area contributed by atoms with Crippen LogP contribution >= 0.6 is 0 Å². The van der Waals surface area contributed by atoms with Gasteiger partial charge in [0.1, 0.15) is 0 Å². The van der Waals surface area contributed by atoms with E-state index in [1.807, 2.05) is 30.3 Å². The molecule has 1 aliphatic heterocycles. The largest absolute Gasteiger partial charge is 0.392 e. The third kappa shape index (κ3) is 2.62. The van der Waals surface area contributed by atoms with Crippen molar-refractivity contribution in [2.24, 2.45) is 11.8 Å². The Labute approximate surface area is 130 Å². The van der Waals surface area contributed by atoms with Gasteiger partial charge in [-0.05, 0) is 17.9 Å². The molecule has 1 saturated carbocycles. The molecule has 1 aromatic carbocycles. The average Bonchev–Trinajstić information content (AvgIpc) is 3.06. The highest BCUT2D eigenvalue weighted by molar-refractivity contribution is 5.23. The summed E-state index contributed by atoms with van der Waals surface area (Å²) in [5, 5.41) is 4.29. The number of fused-ring (bicyclic) bond motifs is 1. The molecule has 1 aliphatic carbocycles. The summed E-state index contributed by atoms with van der Waals surface area (Å²) < 4.78 is 53.5. The smallest absolute Gasteiger partial charge is 0.239 e. The number of rotatable bonds is 3. The molecule has 23 heavy (non-hydrogen) atoms. The molecule has 2 aliphatic rings. The molecule has 3 nitrogen and oxygen atoms in total. The van der Waals surface area contributed by atoms with Gasteiger partial charge in [0.15, 0.2) is 17.8 Å². The van der Waals surface area contributed by atoms with Crippen LogP contribution in [0.1, 0.15) is 42.3 Å². The van der Waals surface area contributed by atoms with Crippen molar-refractivity contribution in [3.63, 3.8) is 0 Å². The van der Waals surface area contributed by atoms with Crippen LogP contribution in [0.25, 0.3) is 0 Å². The van der Waals surface area contributed by atoms with Gasteiger partial charge in [-0.3, -0.25) is 0 Å². The Hall–Kier alpha value is -1.92. The van der Waals surface area contributed by atoms with Gasteiger partial charge in [0.25, 0.3) is 0 Å². The normalized spacial score (nSPS) is 29.6. The van der Waals surface area contributed by atoms with Gasteiger partial charge in [-0.25, -0.2) is 14.1 Å². The van der Waals surface area contributed by atoms with Gasteiger partial charge in [-0.2, -0.15) is 18.3 Å². The van der Waals surface area contributed by atoms with E-state index in [2.05, 4.69) is 10.1 Å². The maximum absolute atomic E-state index is 14.2. The van der Waals surface area contributed by atoms with Crippen LogP contribution in [0.2, 0.25) is 0 Å². The van der Waals surface area contributed by atoms with Crippen LogP contribution in [0.4, 0.5) is 17.6 Å². The molecule has 4 rings (SSSR count). The minimum atomic E-state index is -4.15. The minimum Gasteiger partial charge on any atom is -0.239 e. The maximum atomic E-state index is 14.2. The van der Waals surface area contributed by atoms with Crippen LogP contribution in [0.3, 0.4) is 0 Å². The summed E-state index contributed by atoms with van der Waals surface area (Å²) in [6.07, 6.45) is -4.82. The van der Waals surface area contributed by atoms with E-state index in [1.165, 1.54) is 0 Å². The monoisotopic (exact) mass is 325 g/mol. The van der Waals surface area contributed by atoms with Gasteiger partial charge in [0.2, 0.25) is 0 Å². The first-order valence-corrected chi connectivity index (χ1v) is 7.64. The Balaban J connectivity index is 1.55. The van der Waals surface area contributed by atoms with Crippen LogP contribution in [-0.4, -0.2) is 20.9 Å². The molecular formula is C16H15F4N3. The third-order valence-electron chi connectivity index (χ3n) is 4.68. The predicted octanol–water partition coefficient (Wildman–Crippen LogP) is 4.02. The zero-order chi connectivity index (χ0) is 16.2. The fraction of sp³-hybridized carbons (Fsp3) is 0.500. The van der Waals surface area contributed by atoms with E-state index in [1.54, 1.807) is 4.68 Å². The van der Waals surface area contributed by atoms with Crippen molar-refractivity contribution < 1.29 is 17.6 Å². The van der Waals surface area contributed by atoms with E-state index < -0.39 is 24.2 Å². The number of aromatic nitrogens is 3. The fourth-order valence-corrected chi connectivity index (χ4v) is 3.37. The number of nitrogens with zero attached hydrogens (tertiary/aromatic N) is 3.